The maximum atomic E-state index is 10.7. The second kappa shape index (κ2) is 5.05. The molecule has 0 fully saturated rings. The Morgan fingerprint density at radius 2 is 2.11 bits per heavy atom. The molecular weight excluding hydrogens is 258 g/mol. The first-order valence-corrected chi connectivity index (χ1v) is 5.48. The fourth-order valence-electron chi connectivity index (χ4n) is 1.52. The lowest BCUT2D eigenvalue weighted by Crippen LogP contribution is -2.00. The topological polar surface area (TPSA) is 70.2 Å². The average molecular weight is 268 g/mol. The second-order valence-electron chi connectivity index (χ2n) is 3.60. The smallest absolute Gasteiger partial charge is 0.350 e. The summed E-state index contributed by atoms with van der Waals surface area (Å²) in [4.78, 5) is 10.2. The van der Waals surface area contributed by atoms with Crippen molar-refractivity contribution in [3.8, 4) is 5.88 Å². The van der Waals surface area contributed by atoms with E-state index in [0.717, 1.165) is 5.56 Å². The van der Waals surface area contributed by atoms with Gasteiger partial charge in [0.2, 0.25) is 0 Å². The van der Waals surface area contributed by atoms with Crippen molar-refractivity contribution >= 4 is 17.3 Å². The summed E-state index contributed by atoms with van der Waals surface area (Å²) in [5.41, 5.74) is 0.797. The lowest BCUT2D eigenvalue weighted by Gasteiger charge is -2.00. The van der Waals surface area contributed by atoms with Crippen molar-refractivity contribution < 1.29 is 9.66 Å². The van der Waals surface area contributed by atoms with Gasteiger partial charge in [0.05, 0.1) is 18.6 Å². The highest BCUT2D eigenvalue weighted by Gasteiger charge is 2.19. The number of nitro groups is 1. The third kappa shape index (κ3) is 2.60. The predicted octanol–water partition coefficient (Wildman–Crippen LogP) is 2.50. The van der Waals surface area contributed by atoms with Crippen molar-refractivity contribution in [2.75, 3.05) is 7.11 Å². The van der Waals surface area contributed by atoms with Crippen LogP contribution < -0.4 is 4.74 Å². The Morgan fingerprint density at radius 3 is 2.61 bits per heavy atom. The van der Waals surface area contributed by atoms with E-state index in [-0.39, 0.29) is 11.6 Å². The van der Waals surface area contributed by atoms with Crippen molar-refractivity contribution in [3.05, 3.63) is 51.2 Å². The molecule has 2 aromatic rings. The van der Waals surface area contributed by atoms with Crippen LogP contribution in [0.4, 0.5) is 5.69 Å². The zero-order valence-electron chi connectivity index (χ0n) is 9.54. The van der Waals surface area contributed by atoms with Gasteiger partial charge in [-0.05, 0) is 17.7 Å². The number of benzene rings is 1. The average Bonchev–Trinajstić information content (AvgIpc) is 2.75. The Bertz CT molecular complexity index is 565. The van der Waals surface area contributed by atoms with E-state index < -0.39 is 4.92 Å². The maximum Gasteiger partial charge on any atom is 0.350 e. The minimum absolute atomic E-state index is 0.00830. The highest BCUT2D eigenvalue weighted by atomic mass is 35.5. The van der Waals surface area contributed by atoms with Gasteiger partial charge in [-0.15, -0.1) is 5.10 Å². The first-order valence-electron chi connectivity index (χ1n) is 5.10. The number of nitrogens with zero attached hydrogens (tertiary/aromatic N) is 3. The van der Waals surface area contributed by atoms with Gasteiger partial charge in [0.15, 0.2) is 0 Å². The maximum absolute atomic E-state index is 10.7. The third-order valence-electron chi connectivity index (χ3n) is 2.36. The van der Waals surface area contributed by atoms with Crippen molar-refractivity contribution in [1.82, 2.24) is 9.78 Å². The SMILES string of the molecule is COc1nn(Cc2ccc(Cl)cc2)cc1[N+](=O)[O-]. The minimum Gasteiger partial charge on any atom is -0.475 e. The number of rotatable bonds is 4. The molecule has 0 bridgehead atoms. The van der Waals surface area contributed by atoms with E-state index in [1.54, 1.807) is 12.1 Å². The molecule has 2 rings (SSSR count). The Balaban J connectivity index is 2.24. The van der Waals surface area contributed by atoms with Crippen LogP contribution in [0.2, 0.25) is 5.02 Å². The minimum atomic E-state index is -0.524. The normalized spacial score (nSPS) is 10.3. The molecule has 0 unspecified atom stereocenters. The molecule has 0 saturated heterocycles. The number of methoxy groups -OCH3 is 1. The van der Waals surface area contributed by atoms with Crippen molar-refractivity contribution in [3.63, 3.8) is 0 Å². The van der Waals surface area contributed by atoms with E-state index in [1.165, 1.54) is 18.0 Å². The number of ether oxygens (including phenoxy) is 1. The van der Waals surface area contributed by atoms with E-state index in [1.807, 2.05) is 12.1 Å². The van der Waals surface area contributed by atoms with Crippen LogP contribution in [0.5, 0.6) is 5.88 Å². The fourth-order valence-corrected chi connectivity index (χ4v) is 1.65. The summed E-state index contributed by atoms with van der Waals surface area (Å²) < 4.78 is 6.31. The van der Waals surface area contributed by atoms with Gasteiger partial charge in [0.25, 0.3) is 0 Å². The molecule has 1 aromatic carbocycles. The number of hydrogen-bond acceptors (Lipinski definition) is 4. The molecule has 0 aliphatic heterocycles. The lowest BCUT2D eigenvalue weighted by atomic mass is 10.2. The molecular formula is C11H10ClN3O3. The summed E-state index contributed by atoms with van der Waals surface area (Å²) in [6, 6.07) is 7.18. The zero-order valence-corrected chi connectivity index (χ0v) is 10.3. The van der Waals surface area contributed by atoms with E-state index >= 15 is 0 Å². The first kappa shape index (κ1) is 12.4. The molecule has 0 radical (unpaired) electrons. The van der Waals surface area contributed by atoms with E-state index in [9.17, 15) is 10.1 Å². The Morgan fingerprint density at radius 1 is 1.44 bits per heavy atom. The Labute approximate surface area is 108 Å². The van der Waals surface area contributed by atoms with Crippen molar-refractivity contribution in [2.24, 2.45) is 0 Å². The fraction of sp³-hybridized carbons (Fsp3) is 0.182. The van der Waals surface area contributed by atoms with Crippen molar-refractivity contribution in [2.45, 2.75) is 6.54 Å². The van der Waals surface area contributed by atoms with Crippen LogP contribution in [0, 0.1) is 10.1 Å². The number of aromatic nitrogens is 2. The second-order valence-corrected chi connectivity index (χ2v) is 4.04. The van der Waals surface area contributed by atoms with Crippen LogP contribution >= 0.6 is 11.6 Å². The molecule has 0 atom stereocenters. The zero-order chi connectivity index (χ0) is 13.1. The van der Waals surface area contributed by atoms with Gasteiger partial charge in [0, 0.05) is 5.02 Å². The Hall–Kier alpha value is -2.08. The molecule has 0 saturated carbocycles. The summed E-state index contributed by atoms with van der Waals surface area (Å²) in [6.45, 7) is 0.418. The summed E-state index contributed by atoms with van der Waals surface area (Å²) in [5, 5.41) is 15.4. The van der Waals surface area contributed by atoms with Gasteiger partial charge in [-0.25, -0.2) is 0 Å². The van der Waals surface area contributed by atoms with Gasteiger partial charge >= 0.3 is 11.6 Å². The third-order valence-corrected chi connectivity index (χ3v) is 2.61. The highest BCUT2D eigenvalue weighted by Crippen LogP contribution is 2.24. The van der Waals surface area contributed by atoms with Crippen LogP contribution in [0.3, 0.4) is 0 Å². The quantitative estimate of drug-likeness (QED) is 0.630. The summed E-state index contributed by atoms with van der Waals surface area (Å²) >= 11 is 5.78. The number of halogens is 1. The molecule has 6 nitrogen and oxygen atoms in total. The first-order chi connectivity index (χ1) is 8.60. The predicted molar refractivity (Wildman–Crippen MR) is 66.0 cm³/mol. The summed E-state index contributed by atoms with van der Waals surface area (Å²) in [6.07, 6.45) is 1.34. The van der Waals surface area contributed by atoms with Crippen LogP contribution in [0.15, 0.2) is 30.5 Å². The van der Waals surface area contributed by atoms with Crippen LogP contribution in [-0.2, 0) is 6.54 Å². The van der Waals surface area contributed by atoms with E-state index in [0.29, 0.717) is 11.6 Å². The molecule has 0 aliphatic rings. The summed E-state index contributed by atoms with van der Waals surface area (Å²) in [7, 11) is 1.35. The molecule has 94 valence electrons. The standard InChI is InChI=1S/C11H10ClN3O3/c1-18-11-10(15(16)17)7-14(13-11)6-8-2-4-9(12)5-3-8/h2-5,7H,6H2,1H3. The molecule has 0 spiro atoms. The van der Waals surface area contributed by atoms with E-state index in [2.05, 4.69) is 5.10 Å². The van der Waals surface area contributed by atoms with Gasteiger partial charge in [-0.3, -0.25) is 14.8 Å². The van der Waals surface area contributed by atoms with Crippen LogP contribution in [0.25, 0.3) is 0 Å². The molecule has 18 heavy (non-hydrogen) atoms. The molecule has 7 heteroatoms. The molecule has 0 N–H and O–H groups in total. The van der Waals surface area contributed by atoms with E-state index in [4.69, 9.17) is 16.3 Å². The monoisotopic (exact) mass is 267 g/mol. The van der Waals surface area contributed by atoms with Crippen LogP contribution in [0.1, 0.15) is 5.56 Å². The van der Waals surface area contributed by atoms with Crippen LogP contribution in [-0.4, -0.2) is 21.8 Å². The Kier molecular flexibility index (Phi) is 3.47. The molecule has 0 aliphatic carbocycles. The molecule has 1 aromatic heterocycles. The van der Waals surface area contributed by atoms with Gasteiger partial charge in [0.1, 0.15) is 6.20 Å². The van der Waals surface area contributed by atoms with Gasteiger partial charge in [-0.2, -0.15) is 0 Å². The highest BCUT2D eigenvalue weighted by molar-refractivity contribution is 6.30. The van der Waals surface area contributed by atoms with Gasteiger partial charge < -0.3 is 4.74 Å². The largest absolute Gasteiger partial charge is 0.475 e. The van der Waals surface area contributed by atoms with Crippen molar-refractivity contribution in [1.29, 1.82) is 0 Å². The van der Waals surface area contributed by atoms with Gasteiger partial charge in [-0.1, -0.05) is 23.7 Å². The molecule has 0 amide bonds. The summed E-state index contributed by atoms with van der Waals surface area (Å²) in [5.74, 6) is 0.00830. The number of hydrogen-bond donors (Lipinski definition) is 0. The molecule has 1 heterocycles. The lowest BCUT2D eigenvalue weighted by molar-refractivity contribution is -0.385.